The molecule has 0 aromatic heterocycles. The number of carbonyl (C=O) groups is 1. The minimum absolute atomic E-state index is 0.0224. The fraction of sp³-hybridized carbons (Fsp3) is 0.857. The Bertz CT molecular complexity index is 301. The lowest BCUT2D eigenvalue weighted by molar-refractivity contribution is -0.123. The Morgan fingerprint density at radius 1 is 1.50 bits per heavy atom. The molecule has 0 atom stereocenters. The number of nitriles is 1. The van der Waals surface area contributed by atoms with Crippen LogP contribution in [0.15, 0.2) is 0 Å². The first kappa shape index (κ1) is 15.0. The molecule has 18 heavy (non-hydrogen) atoms. The van der Waals surface area contributed by atoms with Gasteiger partial charge in [0.2, 0.25) is 5.91 Å². The Kier molecular flexibility index (Phi) is 6.14. The van der Waals surface area contributed by atoms with Crippen molar-refractivity contribution in [2.75, 3.05) is 13.2 Å². The normalized spacial score (nSPS) is 27.5. The summed E-state index contributed by atoms with van der Waals surface area (Å²) in [6.07, 6.45) is 4.76. The van der Waals surface area contributed by atoms with Crippen LogP contribution in [0.5, 0.6) is 0 Å². The number of rotatable bonds is 6. The summed E-state index contributed by atoms with van der Waals surface area (Å²) in [4.78, 5) is 11.8. The number of amides is 1. The molecular weight excluding hydrogens is 228 g/mol. The van der Waals surface area contributed by atoms with Gasteiger partial charge in [0.1, 0.15) is 5.54 Å². The molecule has 0 saturated heterocycles. The molecule has 0 aromatic rings. The van der Waals surface area contributed by atoms with Crippen molar-refractivity contribution in [3.63, 3.8) is 0 Å². The smallest absolute Gasteiger partial charge is 0.221 e. The molecule has 1 aliphatic carbocycles. The number of hydrogen-bond acceptors (Lipinski definition) is 3. The van der Waals surface area contributed by atoms with Crippen LogP contribution < -0.4 is 5.32 Å². The Labute approximate surface area is 110 Å². The van der Waals surface area contributed by atoms with Crippen molar-refractivity contribution in [1.29, 1.82) is 5.26 Å². The van der Waals surface area contributed by atoms with Crippen molar-refractivity contribution < 1.29 is 9.53 Å². The number of nitrogens with one attached hydrogen (secondary N) is 1. The van der Waals surface area contributed by atoms with E-state index < -0.39 is 5.54 Å². The maximum absolute atomic E-state index is 11.8. The van der Waals surface area contributed by atoms with Gasteiger partial charge in [0.15, 0.2) is 0 Å². The highest BCUT2D eigenvalue weighted by atomic mass is 16.5. The van der Waals surface area contributed by atoms with Gasteiger partial charge in [-0.25, -0.2) is 0 Å². The molecule has 0 aromatic carbocycles. The van der Waals surface area contributed by atoms with Gasteiger partial charge in [-0.2, -0.15) is 5.26 Å². The molecule has 1 aliphatic rings. The maximum atomic E-state index is 11.8. The molecule has 102 valence electrons. The highest BCUT2D eigenvalue weighted by Crippen LogP contribution is 2.31. The zero-order valence-electron chi connectivity index (χ0n) is 11.5. The highest BCUT2D eigenvalue weighted by molar-refractivity contribution is 5.77. The lowest BCUT2D eigenvalue weighted by Gasteiger charge is -2.34. The number of ether oxygens (including phenoxy) is 1. The third-order valence-corrected chi connectivity index (χ3v) is 3.62. The monoisotopic (exact) mass is 252 g/mol. The van der Waals surface area contributed by atoms with Crippen LogP contribution in [0.3, 0.4) is 0 Å². The predicted molar refractivity (Wildman–Crippen MR) is 69.8 cm³/mol. The quantitative estimate of drug-likeness (QED) is 0.738. The van der Waals surface area contributed by atoms with Gasteiger partial charge in [-0.1, -0.05) is 6.92 Å². The molecular formula is C14H24N2O2. The second-order valence-corrected chi connectivity index (χ2v) is 5.23. The summed E-state index contributed by atoms with van der Waals surface area (Å²) in [6, 6.07) is 2.31. The lowest BCUT2D eigenvalue weighted by Crippen LogP contribution is -2.49. The van der Waals surface area contributed by atoms with E-state index in [1.807, 2.05) is 6.92 Å². The lowest BCUT2D eigenvalue weighted by atomic mass is 9.78. The first-order chi connectivity index (χ1) is 8.62. The molecule has 0 bridgehead atoms. The van der Waals surface area contributed by atoms with Crippen molar-refractivity contribution in [2.24, 2.45) is 5.92 Å². The van der Waals surface area contributed by atoms with Crippen LogP contribution in [0.25, 0.3) is 0 Å². The van der Waals surface area contributed by atoms with E-state index in [1.165, 1.54) is 0 Å². The molecule has 1 fully saturated rings. The molecule has 1 rings (SSSR count). The molecule has 1 amide bonds. The Hall–Kier alpha value is -1.08. The Morgan fingerprint density at radius 2 is 2.17 bits per heavy atom. The third-order valence-electron chi connectivity index (χ3n) is 3.62. The average Bonchev–Trinajstić information content (AvgIpc) is 2.38. The van der Waals surface area contributed by atoms with Crippen LogP contribution in [0, 0.1) is 17.2 Å². The molecule has 0 aliphatic heterocycles. The predicted octanol–water partition coefficient (Wildman–Crippen LogP) is 2.39. The van der Waals surface area contributed by atoms with Gasteiger partial charge in [-0.3, -0.25) is 4.79 Å². The molecule has 0 heterocycles. The maximum Gasteiger partial charge on any atom is 0.221 e. The van der Waals surface area contributed by atoms with Crippen molar-refractivity contribution >= 4 is 5.91 Å². The molecule has 0 unspecified atom stereocenters. The van der Waals surface area contributed by atoms with Crippen LogP contribution in [0.1, 0.15) is 52.4 Å². The Balaban J connectivity index is 2.34. The van der Waals surface area contributed by atoms with Gasteiger partial charge in [0, 0.05) is 19.6 Å². The zero-order chi connectivity index (χ0) is 13.4. The summed E-state index contributed by atoms with van der Waals surface area (Å²) in [7, 11) is 0. The van der Waals surface area contributed by atoms with E-state index in [0.29, 0.717) is 25.6 Å². The summed E-state index contributed by atoms with van der Waals surface area (Å²) in [5, 5.41) is 12.2. The van der Waals surface area contributed by atoms with E-state index in [9.17, 15) is 10.1 Å². The fourth-order valence-electron chi connectivity index (χ4n) is 2.33. The molecule has 0 spiro atoms. The summed E-state index contributed by atoms with van der Waals surface area (Å²) >= 11 is 0. The SMILES string of the molecule is CCOCCCC(=O)NC1(C#N)CCC(C)CC1. The molecule has 1 saturated carbocycles. The molecule has 4 heteroatoms. The topological polar surface area (TPSA) is 62.1 Å². The van der Waals surface area contributed by atoms with Gasteiger partial charge < -0.3 is 10.1 Å². The van der Waals surface area contributed by atoms with Crippen LogP contribution in [0.4, 0.5) is 0 Å². The van der Waals surface area contributed by atoms with Gasteiger partial charge in [-0.05, 0) is 44.9 Å². The van der Waals surface area contributed by atoms with E-state index in [-0.39, 0.29) is 5.91 Å². The van der Waals surface area contributed by atoms with Crippen molar-refractivity contribution in [2.45, 2.75) is 57.9 Å². The second kappa shape index (κ2) is 7.38. The average molecular weight is 252 g/mol. The second-order valence-electron chi connectivity index (χ2n) is 5.23. The van der Waals surface area contributed by atoms with Gasteiger partial charge >= 0.3 is 0 Å². The van der Waals surface area contributed by atoms with E-state index in [4.69, 9.17) is 4.74 Å². The summed E-state index contributed by atoms with van der Waals surface area (Å²) in [5.74, 6) is 0.645. The van der Waals surface area contributed by atoms with Crippen LogP contribution in [-0.2, 0) is 9.53 Å². The fourth-order valence-corrected chi connectivity index (χ4v) is 2.33. The first-order valence-corrected chi connectivity index (χ1v) is 6.92. The van der Waals surface area contributed by atoms with E-state index in [2.05, 4.69) is 18.3 Å². The minimum atomic E-state index is -0.616. The van der Waals surface area contributed by atoms with Gasteiger partial charge in [0.05, 0.1) is 6.07 Å². The van der Waals surface area contributed by atoms with E-state index in [0.717, 1.165) is 32.1 Å². The summed E-state index contributed by atoms with van der Waals surface area (Å²) in [5.41, 5.74) is -0.616. The van der Waals surface area contributed by atoms with Gasteiger partial charge in [0.25, 0.3) is 0 Å². The molecule has 0 radical (unpaired) electrons. The number of carbonyl (C=O) groups excluding carboxylic acids is 1. The minimum Gasteiger partial charge on any atom is -0.382 e. The van der Waals surface area contributed by atoms with Crippen molar-refractivity contribution in [3.8, 4) is 6.07 Å². The van der Waals surface area contributed by atoms with Crippen LogP contribution in [-0.4, -0.2) is 24.7 Å². The number of nitrogens with zero attached hydrogens (tertiary/aromatic N) is 1. The van der Waals surface area contributed by atoms with Crippen LogP contribution in [0.2, 0.25) is 0 Å². The van der Waals surface area contributed by atoms with Crippen molar-refractivity contribution in [3.05, 3.63) is 0 Å². The number of hydrogen-bond donors (Lipinski definition) is 1. The summed E-state index contributed by atoms with van der Waals surface area (Å²) in [6.45, 7) is 5.43. The van der Waals surface area contributed by atoms with Crippen LogP contribution >= 0.6 is 0 Å². The standard InChI is InChI=1S/C14H24N2O2/c1-3-18-10-4-5-13(17)16-14(11-15)8-6-12(2)7-9-14/h12H,3-10H2,1-2H3,(H,16,17). The molecule has 4 nitrogen and oxygen atoms in total. The molecule has 1 N–H and O–H groups in total. The third kappa shape index (κ3) is 4.66. The van der Waals surface area contributed by atoms with E-state index in [1.54, 1.807) is 0 Å². The Morgan fingerprint density at radius 3 is 2.72 bits per heavy atom. The first-order valence-electron chi connectivity index (χ1n) is 6.92. The largest absolute Gasteiger partial charge is 0.382 e. The zero-order valence-corrected chi connectivity index (χ0v) is 11.5. The highest BCUT2D eigenvalue weighted by Gasteiger charge is 2.35. The van der Waals surface area contributed by atoms with E-state index >= 15 is 0 Å². The summed E-state index contributed by atoms with van der Waals surface area (Å²) < 4.78 is 5.19. The van der Waals surface area contributed by atoms with Crippen molar-refractivity contribution in [1.82, 2.24) is 5.32 Å². The van der Waals surface area contributed by atoms with Gasteiger partial charge in [-0.15, -0.1) is 0 Å².